The molecule has 0 aliphatic carbocycles. The summed E-state index contributed by atoms with van der Waals surface area (Å²) in [6.45, 7) is 5.92. The Balaban J connectivity index is 1.87. The van der Waals surface area contributed by atoms with Crippen molar-refractivity contribution in [3.05, 3.63) is 35.4 Å². The Labute approximate surface area is 134 Å². The molecule has 4 nitrogen and oxygen atoms in total. The van der Waals surface area contributed by atoms with Gasteiger partial charge in [0.15, 0.2) is 0 Å². The first-order chi connectivity index (χ1) is 10.9. The first kappa shape index (κ1) is 18.2. The van der Waals surface area contributed by atoms with Gasteiger partial charge in [-0.15, -0.1) is 0 Å². The van der Waals surface area contributed by atoms with E-state index in [2.05, 4.69) is 17.1 Å². The van der Waals surface area contributed by atoms with E-state index < -0.39 is 17.8 Å². The van der Waals surface area contributed by atoms with Crippen LogP contribution in [-0.4, -0.2) is 55.4 Å². The summed E-state index contributed by atoms with van der Waals surface area (Å²) in [6.07, 6.45) is -5.68. The Morgan fingerprint density at radius 1 is 1.39 bits per heavy atom. The molecule has 2 rings (SSSR count). The van der Waals surface area contributed by atoms with Crippen LogP contribution < -0.4 is 5.32 Å². The van der Waals surface area contributed by atoms with Gasteiger partial charge in [-0.3, -0.25) is 4.90 Å². The highest BCUT2D eigenvalue weighted by atomic mass is 19.4. The SMILES string of the molecule is CCN1CCO[C@H](CNC[C@@H](O)c2ccccc2C(F)(F)F)C1. The normalized spacial score (nSPS) is 21.3. The van der Waals surface area contributed by atoms with Crippen molar-refractivity contribution in [2.24, 2.45) is 0 Å². The lowest BCUT2D eigenvalue weighted by molar-refractivity contribution is -0.139. The van der Waals surface area contributed by atoms with Crippen LogP contribution in [0.15, 0.2) is 24.3 Å². The number of benzene rings is 1. The number of hydrogen-bond donors (Lipinski definition) is 2. The third-order valence-electron chi connectivity index (χ3n) is 4.01. The highest BCUT2D eigenvalue weighted by molar-refractivity contribution is 5.31. The highest BCUT2D eigenvalue weighted by Gasteiger charge is 2.34. The number of likely N-dealkylation sites (N-methyl/N-ethyl adjacent to an activating group) is 1. The Morgan fingerprint density at radius 2 is 2.13 bits per heavy atom. The van der Waals surface area contributed by atoms with Gasteiger partial charge in [-0.1, -0.05) is 25.1 Å². The summed E-state index contributed by atoms with van der Waals surface area (Å²) in [5.41, 5.74) is -0.896. The molecule has 0 spiro atoms. The number of halogens is 3. The monoisotopic (exact) mass is 332 g/mol. The highest BCUT2D eigenvalue weighted by Crippen LogP contribution is 2.34. The van der Waals surface area contributed by atoms with E-state index in [0.29, 0.717) is 13.2 Å². The molecular weight excluding hydrogens is 309 g/mol. The zero-order chi connectivity index (χ0) is 16.9. The van der Waals surface area contributed by atoms with Crippen LogP contribution in [0.1, 0.15) is 24.2 Å². The van der Waals surface area contributed by atoms with Gasteiger partial charge in [-0.2, -0.15) is 13.2 Å². The smallest absolute Gasteiger partial charge is 0.387 e. The van der Waals surface area contributed by atoms with Gasteiger partial charge in [-0.05, 0) is 18.2 Å². The third kappa shape index (κ3) is 5.17. The van der Waals surface area contributed by atoms with Crippen molar-refractivity contribution in [2.45, 2.75) is 25.3 Å². The first-order valence-electron chi connectivity index (χ1n) is 7.80. The van der Waals surface area contributed by atoms with Crippen LogP contribution in [0.25, 0.3) is 0 Å². The van der Waals surface area contributed by atoms with Crippen LogP contribution in [0, 0.1) is 0 Å². The Morgan fingerprint density at radius 3 is 2.83 bits per heavy atom. The van der Waals surface area contributed by atoms with Crippen molar-refractivity contribution >= 4 is 0 Å². The van der Waals surface area contributed by atoms with Gasteiger partial charge < -0.3 is 15.2 Å². The van der Waals surface area contributed by atoms with Gasteiger partial charge in [0.1, 0.15) is 0 Å². The summed E-state index contributed by atoms with van der Waals surface area (Å²) < 4.78 is 44.4. The molecule has 0 saturated carbocycles. The standard InChI is InChI=1S/C16H23F3N2O2/c1-2-21-7-8-23-12(11-21)9-20-10-15(22)13-5-3-4-6-14(13)16(17,18)19/h3-6,12,15,20,22H,2,7-11H2,1H3/t12-,15-/m1/s1. The van der Waals surface area contributed by atoms with Crippen molar-refractivity contribution < 1.29 is 23.0 Å². The van der Waals surface area contributed by atoms with Gasteiger partial charge in [0.2, 0.25) is 0 Å². The zero-order valence-corrected chi connectivity index (χ0v) is 13.1. The fourth-order valence-electron chi connectivity index (χ4n) is 2.73. The van der Waals surface area contributed by atoms with E-state index >= 15 is 0 Å². The first-order valence-corrected chi connectivity index (χ1v) is 7.80. The molecule has 1 aromatic rings. The van der Waals surface area contributed by atoms with E-state index in [0.717, 1.165) is 25.7 Å². The van der Waals surface area contributed by atoms with Gasteiger partial charge in [0, 0.05) is 26.2 Å². The molecule has 0 unspecified atom stereocenters. The largest absolute Gasteiger partial charge is 0.416 e. The number of nitrogens with one attached hydrogen (secondary N) is 1. The van der Waals surface area contributed by atoms with Gasteiger partial charge in [0.25, 0.3) is 0 Å². The van der Waals surface area contributed by atoms with Gasteiger partial charge >= 0.3 is 6.18 Å². The van der Waals surface area contributed by atoms with E-state index in [1.54, 1.807) is 0 Å². The summed E-state index contributed by atoms with van der Waals surface area (Å²) in [7, 11) is 0. The molecule has 0 amide bonds. The van der Waals surface area contributed by atoms with Gasteiger partial charge in [0.05, 0.1) is 24.4 Å². The Bertz CT molecular complexity index is 496. The van der Waals surface area contributed by atoms with E-state index in [1.165, 1.54) is 18.2 Å². The van der Waals surface area contributed by atoms with Crippen LogP contribution in [-0.2, 0) is 10.9 Å². The number of ether oxygens (including phenoxy) is 1. The number of rotatable bonds is 6. The molecular formula is C16H23F3N2O2. The molecule has 1 aromatic carbocycles. The Hall–Kier alpha value is -1.15. The minimum absolute atomic E-state index is 0.00578. The molecule has 1 saturated heterocycles. The van der Waals surface area contributed by atoms with Crippen LogP contribution in [0.3, 0.4) is 0 Å². The quantitative estimate of drug-likeness (QED) is 0.837. The van der Waals surface area contributed by atoms with Crippen molar-refractivity contribution in [1.82, 2.24) is 10.2 Å². The molecule has 1 heterocycles. The van der Waals surface area contributed by atoms with Crippen molar-refractivity contribution in [2.75, 3.05) is 39.3 Å². The Kier molecular flexibility index (Phi) is 6.41. The predicted octanol–water partition coefficient (Wildman–Crippen LogP) is 2.05. The van der Waals surface area contributed by atoms with Crippen LogP contribution in [0.4, 0.5) is 13.2 Å². The van der Waals surface area contributed by atoms with E-state index in [1.807, 2.05) is 0 Å². The predicted molar refractivity (Wildman–Crippen MR) is 81.1 cm³/mol. The number of nitrogens with zero attached hydrogens (tertiary/aromatic N) is 1. The fraction of sp³-hybridized carbons (Fsp3) is 0.625. The van der Waals surface area contributed by atoms with Gasteiger partial charge in [-0.25, -0.2) is 0 Å². The average Bonchev–Trinajstić information content (AvgIpc) is 2.54. The van der Waals surface area contributed by atoms with E-state index in [4.69, 9.17) is 4.74 Å². The minimum atomic E-state index is -4.47. The van der Waals surface area contributed by atoms with Crippen LogP contribution in [0.5, 0.6) is 0 Å². The lowest BCUT2D eigenvalue weighted by atomic mass is 10.0. The van der Waals surface area contributed by atoms with Crippen LogP contribution >= 0.6 is 0 Å². The summed E-state index contributed by atoms with van der Waals surface area (Å²) in [5.74, 6) is 0. The maximum Gasteiger partial charge on any atom is 0.416 e. The number of hydrogen-bond acceptors (Lipinski definition) is 4. The van der Waals surface area contributed by atoms with E-state index in [-0.39, 0.29) is 18.2 Å². The molecule has 2 N–H and O–H groups in total. The molecule has 1 fully saturated rings. The molecule has 130 valence electrons. The summed E-state index contributed by atoms with van der Waals surface area (Å²) in [4.78, 5) is 2.26. The molecule has 23 heavy (non-hydrogen) atoms. The molecule has 1 aliphatic rings. The maximum atomic E-state index is 12.9. The number of aliphatic hydroxyl groups is 1. The molecule has 0 radical (unpaired) electrons. The van der Waals surface area contributed by atoms with Crippen molar-refractivity contribution in [1.29, 1.82) is 0 Å². The summed E-state index contributed by atoms with van der Waals surface area (Å²) >= 11 is 0. The maximum absolute atomic E-state index is 12.9. The number of aliphatic hydroxyl groups excluding tert-OH is 1. The zero-order valence-electron chi connectivity index (χ0n) is 13.1. The van der Waals surface area contributed by atoms with Crippen LogP contribution in [0.2, 0.25) is 0 Å². The second kappa shape index (κ2) is 8.10. The topological polar surface area (TPSA) is 44.7 Å². The van der Waals surface area contributed by atoms with Crippen molar-refractivity contribution in [3.8, 4) is 0 Å². The van der Waals surface area contributed by atoms with E-state index in [9.17, 15) is 18.3 Å². The second-order valence-electron chi connectivity index (χ2n) is 5.65. The minimum Gasteiger partial charge on any atom is -0.387 e. The molecule has 1 aliphatic heterocycles. The second-order valence-corrected chi connectivity index (χ2v) is 5.65. The summed E-state index contributed by atoms with van der Waals surface area (Å²) in [5, 5.41) is 13.1. The molecule has 7 heteroatoms. The molecule has 2 atom stereocenters. The number of alkyl halides is 3. The van der Waals surface area contributed by atoms with Crippen molar-refractivity contribution in [3.63, 3.8) is 0 Å². The molecule has 0 bridgehead atoms. The fourth-order valence-corrected chi connectivity index (χ4v) is 2.73. The summed E-state index contributed by atoms with van der Waals surface area (Å²) in [6, 6.07) is 5.12. The lowest BCUT2D eigenvalue weighted by Crippen LogP contribution is -2.46. The molecule has 0 aromatic heterocycles. The third-order valence-corrected chi connectivity index (χ3v) is 4.01. The average molecular weight is 332 g/mol. The number of morpholine rings is 1. The lowest BCUT2D eigenvalue weighted by Gasteiger charge is -2.32.